The Kier molecular flexibility index (Phi) is 5.98. The molecule has 2 rings (SSSR count). The van der Waals surface area contributed by atoms with Crippen molar-refractivity contribution in [3.63, 3.8) is 0 Å². The van der Waals surface area contributed by atoms with Crippen LogP contribution in [0.25, 0.3) is 0 Å². The molecule has 7 nitrogen and oxygen atoms in total. The smallest absolute Gasteiger partial charge is 0.323 e. The first-order valence-corrected chi connectivity index (χ1v) is 7.73. The highest BCUT2D eigenvalue weighted by atomic mass is 16.5. The Morgan fingerprint density at radius 3 is 2.67 bits per heavy atom. The number of hydrogen-bond acceptors (Lipinski definition) is 7. The summed E-state index contributed by atoms with van der Waals surface area (Å²) >= 11 is 0. The lowest BCUT2D eigenvalue weighted by Gasteiger charge is -2.16. The molecule has 1 saturated heterocycles. The molecule has 0 spiro atoms. The van der Waals surface area contributed by atoms with E-state index in [0.717, 1.165) is 32.4 Å². The Labute approximate surface area is 125 Å². The summed E-state index contributed by atoms with van der Waals surface area (Å²) in [5, 5.41) is 6.49. The predicted octanol–water partition coefficient (Wildman–Crippen LogP) is 2.07. The van der Waals surface area contributed by atoms with Crippen molar-refractivity contribution in [2.75, 3.05) is 30.4 Å². The number of aromatic nitrogens is 3. The highest BCUT2D eigenvalue weighted by molar-refractivity contribution is 5.37. The zero-order valence-electron chi connectivity index (χ0n) is 13.1. The number of anilines is 2. The fourth-order valence-electron chi connectivity index (χ4n) is 2.08. The summed E-state index contributed by atoms with van der Waals surface area (Å²) in [5.74, 6) is 1.09. The highest BCUT2D eigenvalue weighted by Gasteiger charge is 2.25. The van der Waals surface area contributed by atoms with E-state index in [1.165, 1.54) is 0 Å². The molecule has 1 fully saturated rings. The van der Waals surface area contributed by atoms with Crippen LogP contribution in [0.15, 0.2) is 0 Å². The molecule has 118 valence electrons. The molecule has 0 radical (unpaired) electrons. The van der Waals surface area contributed by atoms with E-state index in [-0.39, 0.29) is 12.1 Å². The van der Waals surface area contributed by atoms with Crippen molar-refractivity contribution < 1.29 is 9.47 Å². The van der Waals surface area contributed by atoms with E-state index in [0.29, 0.717) is 24.5 Å². The van der Waals surface area contributed by atoms with E-state index < -0.39 is 0 Å². The van der Waals surface area contributed by atoms with E-state index in [4.69, 9.17) is 9.47 Å². The lowest BCUT2D eigenvalue weighted by molar-refractivity contribution is 0.121. The third-order valence-electron chi connectivity index (χ3n) is 3.27. The second-order valence-electron chi connectivity index (χ2n) is 5.16. The van der Waals surface area contributed by atoms with Crippen molar-refractivity contribution in [3.05, 3.63) is 0 Å². The van der Waals surface area contributed by atoms with Gasteiger partial charge in [-0.05, 0) is 26.2 Å². The molecule has 0 aliphatic carbocycles. The summed E-state index contributed by atoms with van der Waals surface area (Å²) in [7, 11) is 0. The summed E-state index contributed by atoms with van der Waals surface area (Å²) in [6.45, 7) is 8.38. The zero-order chi connectivity index (χ0) is 15.1. The van der Waals surface area contributed by atoms with Crippen LogP contribution in [0.2, 0.25) is 0 Å². The van der Waals surface area contributed by atoms with E-state index in [9.17, 15) is 0 Å². The van der Waals surface area contributed by atoms with E-state index in [1.54, 1.807) is 0 Å². The number of ether oxygens (including phenoxy) is 2. The van der Waals surface area contributed by atoms with Gasteiger partial charge >= 0.3 is 6.01 Å². The van der Waals surface area contributed by atoms with Crippen molar-refractivity contribution in [2.45, 2.75) is 52.2 Å². The fraction of sp³-hybridized carbons (Fsp3) is 0.786. The van der Waals surface area contributed by atoms with Gasteiger partial charge in [-0.15, -0.1) is 0 Å². The zero-order valence-corrected chi connectivity index (χ0v) is 13.1. The Hall–Kier alpha value is -1.63. The molecule has 0 aromatic carbocycles. The molecule has 7 heteroatoms. The summed E-state index contributed by atoms with van der Waals surface area (Å²) in [6.07, 6.45) is 3.04. The van der Waals surface area contributed by atoms with Crippen LogP contribution in [0, 0.1) is 0 Å². The van der Waals surface area contributed by atoms with Crippen LogP contribution in [-0.4, -0.2) is 46.9 Å². The third kappa shape index (κ3) is 4.70. The second-order valence-corrected chi connectivity index (χ2v) is 5.16. The van der Waals surface area contributed by atoms with E-state index in [2.05, 4.69) is 39.4 Å². The maximum absolute atomic E-state index is 5.55. The molecular weight excluding hydrogens is 270 g/mol. The fourth-order valence-corrected chi connectivity index (χ4v) is 2.08. The summed E-state index contributed by atoms with van der Waals surface area (Å²) in [6, 6.07) is 0.588. The monoisotopic (exact) mass is 295 g/mol. The minimum atomic E-state index is 0.161. The maximum atomic E-state index is 5.55. The Morgan fingerprint density at radius 1 is 1.19 bits per heavy atom. The largest absolute Gasteiger partial charge is 0.463 e. The summed E-state index contributed by atoms with van der Waals surface area (Å²) in [4.78, 5) is 13.0. The Morgan fingerprint density at radius 2 is 2.00 bits per heavy atom. The number of nitrogens with one attached hydrogen (secondary N) is 2. The Bertz CT molecular complexity index is 417. The molecule has 1 aromatic heterocycles. The normalized spacial score (nSPS) is 21.3. The maximum Gasteiger partial charge on any atom is 0.323 e. The highest BCUT2D eigenvalue weighted by Crippen LogP contribution is 2.18. The van der Waals surface area contributed by atoms with Crippen LogP contribution in [0.3, 0.4) is 0 Å². The van der Waals surface area contributed by atoms with Crippen molar-refractivity contribution in [1.82, 2.24) is 15.0 Å². The predicted molar refractivity (Wildman–Crippen MR) is 81.8 cm³/mol. The lowest BCUT2D eigenvalue weighted by atomic mass is 10.2. The molecule has 2 N–H and O–H groups in total. The average molecular weight is 295 g/mol. The third-order valence-corrected chi connectivity index (χ3v) is 3.27. The molecule has 0 amide bonds. The molecule has 1 aromatic rings. The summed E-state index contributed by atoms with van der Waals surface area (Å²) in [5.41, 5.74) is 0. The van der Waals surface area contributed by atoms with Gasteiger partial charge in [0.05, 0.1) is 18.8 Å². The van der Waals surface area contributed by atoms with Crippen molar-refractivity contribution >= 4 is 11.9 Å². The van der Waals surface area contributed by atoms with Crippen molar-refractivity contribution in [3.8, 4) is 6.01 Å². The van der Waals surface area contributed by atoms with E-state index in [1.807, 2.05) is 6.92 Å². The van der Waals surface area contributed by atoms with E-state index >= 15 is 0 Å². The lowest BCUT2D eigenvalue weighted by Crippen LogP contribution is -2.28. The number of rotatable bonds is 8. The SMILES string of the molecule is CCCNc1nc(NC2CCOC2C)nc(OCCC)n1. The Balaban J connectivity index is 2.09. The van der Waals surface area contributed by atoms with Gasteiger partial charge in [0.1, 0.15) is 0 Å². The molecule has 0 bridgehead atoms. The molecule has 2 heterocycles. The average Bonchev–Trinajstić information content (AvgIpc) is 2.88. The van der Waals surface area contributed by atoms with Gasteiger partial charge in [-0.1, -0.05) is 13.8 Å². The van der Waals surface area contributed by atoms with Gasteiger partial charge in [0.2, 0.25) is 11.9 Å². The minimum Gasteiger partial charge on any atom is -0.463 e. The van der Waals surface area contributed by atoms with Gasteiger partial charge < -0.3 is 20.1 Å². The van der Waals surface area contributed by atoms with Gasteiger partial charge in [0.25, 0.3) is 0 Å². The molecule has 2 unspecified atom stereocenters. The van der Waals surface area contributed by atoms with Crippen molar-refractivity contribution in [2.24, 2.45) is 0 Å². The molecule has 2 atom stereocenters. The first-order valence-electron chi connectivity index (χ1n) is 7.73. The quantitative estimate of drug-likeness (QED) is 0.759. The standard InChI is InChI=1S/C14H25N5O2/c1-4-7-15-12-17-13(16-11-6-9-20-10(11)3)19-14(18-12)21-8-5-2/h10-11H,4-9H2,1-3H3,(H2,15,16,17,18,19). The summed E-state index contributed by atoms with van der Waals surface area (Å²) < 4.78 is 11.1. The van der Waals surface area contributed by atoms with Gasteiger partial charge in [-0.25, -0.2) is 0 Å². The minimum absolute atomic E-state index is 0.161. The van der Waals surface area contributed by atoms with Crippen LogP contribution in [-0.2, 0) is 4.74 Å². The van der Waals surface area contributed by atoms with Crippen molar-refractivity contribution in [1.29, 1.82) is 0 Å². The topological polar surface area (TPSA) is 81.2 Å². The van der Waals surface area contributed by atoms with Gasteiger partial charge in [0.15, 0.2) is 0 Å². The number of hydrogen-bond donors (Lipinski definition) is 2. The van der Waals surface area contributed by atoms with Crippen LogP contribution < -0.4 is 15.4 Å². The molecule has 0 saturated carbocycles. The van der Waals surface area contributed by atoms with Crippen LogP contribution in [0.5, 0.6) is 6.01 Å². The van der Waals surface area contributed by atoms with Crippen LogP contribution in [0.4, 0.5) is 11.9 Å². The first kappa shape index (κ1) is 15.8. The second kappa shape index (κ2) is 7.97. The van der Waals surface area contributed by atoms with Gasteiger partial charge in [0, 0.05) is 13.2 Å². The van der Waals surface area contributed by atoms with Crippen LogP contribution >= 0.6 is 0 Å². The first-order chi connectivity index (χ1) is 10.2. The van der Waals surface area contributed by atoms with Gasteiger partial charge in [-0.2, -0.15) is 15.0 Å². The number of nitrogens with zero attached hydrogens (tertiary/aromatic N) is 3. The molecule has 21 heavy (non-hydrogen) atoms. The molecule has 1 aliphatic rings. The molecular formula is C14H25N5O2. The molecule has 1 aliphatic heterocycles. The van der Waals surface area contributed by atoms with Gasteiger partial charge in [-0.3, -0.25) is 0 Å². The van der Waals surface area contributed by atoms with Crippen LogP contribution in [0.1, 0.15) is 40.0 Å².